The molecule has 0 aliphatic carbocycles. The Kier molecular flexibility index (Phi) is 11.9. The lowest BCUT2D eigenvalue weighted by molar-refractivity contribution is -0.493. The van der Waals surface area contributed by atoms with Gasteiger partial charge in [-0.25, -0.2) is 8.78 Å². The first kappa shape index (κ1) is 52.4. The van der Waals surface area contributed by atoms with Crippen molar-refractivity contribution >= 4 is 0 Å². The van der Waals surface area contributed by atoms with Crippen LogP contribution in [0.2, 0.25) is 0 Å². The van der Waals surface area contributed by atoms with Crippen molar-refractivity contribution in [1.82, 2.24) is 0 Å². The molecule has 0 N–H and O–H groups in total. The summed E-state index contributed by atoms with van der Waals surface area (Å²) in [6, 6.07) is 0. The number of alkyl halides is 37. The zero-order valence-electron chi connectivity index (χ0n) is 23.1. The van der Waals surface area contributed by atoms with Crippen LogP contribution in [0.3, 0.4) is 0 Å². The average Bonchev–Trinajstić information content (AvgIpc) is 2.94. The minimum atomic E-state index is -10.4. The fourth-order valence-corrected chi connectivity index (χ4v) is 3.09. The smallest absolute Gasteiger partial charge is 0.203 e. The Morgan fingerprint density at radius 2 is 0.273 bits per heavy atom. The first-order valence-electron chi connectivity index (χ1n) is 11.3. The molecule has 55 heavy (non-hydrogen) atoms. The number of hydrogen-bond donors (Lipinski definition) is 0. The quantitative estimate of drug-likeness (QED) is 0.135. The molecule has 0 saturated heterocycles. The van der Waals surface area contributed by atoms with Crippen LogP contribution in [0.15, 0.2) is 0 Å². The van der Waals surface area contributed by atoms with E-state index in [1.807, 2.05) is 0 Å². The highest BCUT2D eigenvalue weighted by Crippen LogP contribution is 2.70. The molecule has 0 spiro atoms. The standard InChI is InChI=1S/C18HF37/c19-1(20)2(21,22)3(23,24)4(25,26)5(27,28)6(29,30)7(31,32)8(33,34)9(35,36)10(37,38)11(39,40)12(41,42)13(43,44)14(45,46)15(47,48)16(49,50)17(51,52)18(53,54)55/h1H. The van der Waals surface area contributed by atoms with Crippen molar-refractivity contribution in [1.29, 1.82) is 0 Å². The molecule has 0 radical (unpaired) electrons. The lowest BCUT2D eigenvalue weighted by atomic mass is 9.82. The molecular formula is C18HF37. The summed E-state index contributed by atoms with van der Waals surface area (Å²) in [4.78, 5) is 0. The molecule has 332 valence electrons. The van der Waals surface area contributed by atoms with Crippen LogP contribution < -0.4 is 0 Å². The minimum Gasteiger partial charge on any atom is -0.203 e. The molecule has 0 aromatic heterocycles. The Morgan fingerprint density at radius 3 is 0.382 bits per heavy atom. The maximum Gasteiger partial charge on any atom is 0.460 e. The van der Waals surface area contributed by atoms with Crippen molar-refractivity contribution in [2.24, 2.45) is 0 Å². The van der Waals surface area contributed by atoms with Gasteiger partial charge in [0.25, 0.3) is 0 Å². The number of halogens is 37. The summed E-state index contributed by atoms with van der Waals surface area (Å²) < 4.78 is 491. The van der Waals surface area contributed by atoms with Gasteiger partial charge in [0.2, 0.25) is 0 Å². The summed E-state index contributed by atoms with van der Waals surface area (Å²) in [6.07, 6.45) is -15.0. The van der Waals surface area contributed by atoms with E-state index in [4.69, 9.17) is 0 Å². The van der Waals surface area contributed by atoms with Crippen LogP contribution in [0.4, 0.5) is 162 Å². The Hall–Kier alpha value is -2.59. The number of rotatable bonds is 16. The van der Waals surface area contributed by atoms with Crippen molar-refractivity contribution in [3.63, 3.8) is 0 Å². The van der Waals surface area contributed by atoms with Gasteiger partial charge in [-0.05, 0) is 0 Å². The lowest BCUT2D eigenvalue weighted by Crippen LogP contribution is -2.80. The summed E-state index contributed by atoms with van der Waals surface area (Å²) in [5.74, 6) is -157. The molecule has 0 atom stereocenters. The van der Waals surface area contributed by atoms with Crippen molar-refractivity contribution in [2.45, 2.75) is 107 Å². The molecule has 37 heteroatoms. The second kappa shape index (κ2) is 12.5. The molecule has 0 aromatic carbocycles. The number of hydrogen-bond acceptors (Lipinski definition) is 0. The van der Waals surface area contributed by atoms with Crippen molar-refractivity contribution in [3.8, 4) is 0 Å². The van der Waals surface area contributed by atoms with E-state index in [1.165, 1.54) is 0 Å². The summed E-state index contributed by atoms with van der Waals surface area (Å²) in [5.41, 5.74) is 0. The molecule has 0 saturated carbocycles. The van der Waals surface area contributed by atoms with Crippen LogP contribution in [0.1, 0.15) is 0 Å². The zero-order valence-corrected chi connectivity index (χ0v) is 23.1. The topological polar surface area (TPSA) is 0 Å². The molecule has 0 unspecified atom stereocenters. The zero-order chi connectivity index (χ0) is 46.1. The molecule has 0 aliphatic heterocycles. The van der Waals surface area contributed by atoms with Gasteiger partial charge in [-0.3, -0.25) is 0 Å². The van der Waals surface area contributed by atoms with Crippen LogP contribution in [0.5, 0.6) is 0 Å². The van der Waals surface area contributed by atoms with Crippen LogP contribution in [0.25, 0.3) is 0 Å². The summed E-state index contributed by atoms with van der Waals surface area (Å²) in [5, 5.41) is 0. The first-order chi connectivity index (χ1) is 22.9. The predicted octanol–water partition coefficient (Wildman–Crippen LogP) is 12.0. The van der Waals surface area contributed by atoms with Gasteiger partial charge in [-0.15, -0.1) is 0 Å². The van der Waals surface area contributed by atoms with Gasteiger partial charge in [0.05, 0.1) is 0 Å². The molecular weight excluding hydrogens is 919 g/mol. The van der Waals surface area contributed by atoms with Gasteiger partial charge in [-0.2, -0.15) is 154 Å². The summed E-state index contributed by atoms with van der Waals surface area (Å²) in [7, 11) is 0. The van der Waals surface area contributed by atoms with E-state index in [2.05, 4.69) is 0 Å². The molecule has 0 rings (SSSR count). The van der Waals surface area contributed by atoms with Crippen molar-refractivity contribution < 1.29 is 162 Å². The highest BCUT2D eigenvalue weighted by Gasteiger charge is 3.02. The van der Waals surface area contributed by atoms with E-state index in [0.29, 0.717) is 0 Å². The second-order valence-corrected chi connectivity index (χ2v) is 10.0. The maximum atomic E-state index is 13.8. The van der Waals surface area contributed by atoms with Gasteiger partial charge in [0.15, 0.2) is 0 Å². The van der Waals surface area contributed by atoms with E-state index in [0.717, 1.165) is 0 Å². The molecule has 0 fully saturated rings. The van der Waals surface area contributed by atoms with Gasteiger partial charge >= 0.3 is 107 Å². The molecule has 0 aromatic rings. The fraction of sp³-hybridized carbons (Fsp3) is 1.00. The van der Waals surface area contributed by atoms with Crippen LogP contribution in [0, 0.1) is 0 Å². The summed E-state index contributed by atoms with van der Waals surface area (Å²) in [6.45, 7) is 0. The van der Waals surface area contributed by atoms with E-state index >= 15 is 0 Å². The van der Waals surface area contributed by atoms with Crippen LogP contribution in [-0.2, 0) is 0 Å². The third kappa shape index (κ3) is 5.78. The molecule has 0 aliphatic rings. The van der Waals surface area contributed by atoms with E-state index in [9.17, 15) is 162 Å². The van der Waals surface area contributed by atoms with Gasteiger partial charge < -0.3 is 0 Å². The normalized spacial score (nSPS) is 17.3. The van der Waals surface area contributed by atoms with Gasteiger partial charge in [-0.1, -0.05) is 0 Å². The molecule has 0 heterocycles. The van der Waals surface area contributed by atoms with E-state index in [-0.39, 0.29) is 0 Å². The largest absolute Gasteiger partial charge is 0.460 e. The Morgan fingerprint density at radius 1 is 0.164 bits per heavy atom. The van der Waals surface area contributed by atoms with Crippen LogP contribution >= 0.6 is 0 Å². The molecule has 0 bridgehead atoms. The predicted molar refractivity (Wildman–Crippen MR) is 91.2 cm³/mol. The highest BCUT2D eigenvalue weighted by molar-refractivity contribution is 5.22. The van der Waals surface area contributed by atoms with E-state index in [1.54, 1.807) is 0 Å². The Bertz CT molecular complexity index is 1380. The average molecular weight is 920 g/mol. The fourth-order valence-electron chi connectivity index (χ4n) is 3.09. The monoisotopic (exact) mass is 920 g/mol. The third-order valence-electron chi connectivity index (χ3n) is 6.57. The van der Waals surface area contributed by atoms with Crippen LogP contribution in [-0.4, -0.2) is 107 Å². The Balaban J connectivity index is 7.82. The van der Waals surface area contributed by atoms with Crippen molar-refractivity contribution in [3.05, 3.63) is 0 Å². The third-order valence-corrected chi connectivity index (χ3v) is 6.57. The Labute approximate surface area is 271 Å². The highest BCUT2D eigenvalue weighted by atomic mass is 19.4. The van der Waals surface area contributed by atoms with Gasteiger partial charge in [0.1, 0.15) is 0 Å². The second-order valence-electron chi connectivity index (χ2n) is 10.0. The maximum absolute atomic E-state index is 13.8. The SMILES string of the molecule is FC(F)C(F)(F)C(F)(F)C(F)(F)C(F)(F)C(F)(F)C(F)(F)C(F)(F)C(F)(F)C(F)(F)C(F)(F)C(F)(F)C(F)(F)C(F)(F)C(F)(F)C(F)(F)C(F)(F)C(F)(F)F. The minimum absolute atomic E-state index is 6.55. The van der Waals surface area contributed by atoms with Gasteiger partial charge in [0, 0.05) is 0 Å². The summed E-state index contributed by atoms with van der Waals surface area (Å²) >= 11 is 0. The van der Waals surface area contributed by atoms with Crippen molar-refractivity contribution in [2.75, 3.05) is 0 Å². The van der Waals surface area contributed by atoms with E-state index < -0.39 is 107 Å². The molecule has 0 nitrogen and oxygen atoms in total. The molecule has 0 amide bonds. The first-order valence-corrected chi connectivity index (χ1v) is 11.3. The lowest BCUT2D eigenvalue weighted by Gasteiger charge is -2.47.